The molecule has 0 aliphatic carbocycles. The fraction of sp³-hybridized carbons (Fsp3) is 0.100. The summed E-state index contributed by atoms with van der Waals surface area (Å²) in [7, 11) is 0. The lowest BCUT2D eigenvalue weighted by Crippen LogP contribution is -2.13. The highest BCUT2D eigenvalue weighted by Crippen LogP contribution is 2.11. The minimum atomic E-state index is -0.429. The van der Waals surface area contributed by atoms with Crippen LogP contribution in [0.3, 0.4) is 0 Å². The van der Waals surface area contributed by atoms with Crippen molar-refractivity contribution in [3.63, 3.8) is 0 Å². The van der Waals surface area contributed by atoms with Crippen molar-refractivity contribution in [2.24, 2.45) is 5.73 Å². The zero-order chi connectivity index (χ0) is 9.84. The highest BCUT2D eigenvalue weighted by Gasteiger charge is 2.02. The van der Waals surface area contributed by atoms with Gasteiger partial charge in [-0.3, -0.25) is 4.79 Å². The molecule has 0 bridgehead atoms. The molecule has 13 heavy (non-hydrogen) atoms. The van der Waals surface area contributed by atoms with Crippen LogP contribution in [0.25, 0.3) is 6.08 Å². The Labute approximate surface area is 75.9 Å². The van der Waals surface area contributed by atoms with E-state index in [0.29, 0.717) is 11.1 Å². The molecule has 68 valence electrons. The van der Waals surface area contributed by atoms with Gasteiger partial charge in [-0.1, -0.05) is 18.7 Å². The van der Waals surface area contributed by atoms with E-state index in [9.17, 15) is 9.18 Å². The van der Waals surface area contributed by atoms with Gasteiger partial charge in [0.25, 0.3) is 0 Å². The third-order valence-electron chi connectivity index (χ3n) is 1.66. The molecule has 0 aliphatic heterocycles. The lowest BCUT2D eigenvalue weighted by atomic mass is 10.1. The molecule has 1 rings (SSSR count). The molecule has 3 heteroatoms. The van der Waals surface area contributed by atoms with Crippen LogP contribution in [0.2, 0.25) is 0 Å². The van der Waals surface area contributed by atoms with Crippen LogP contribution >= 0.6 is 0 Å². The minimum absolute atomic E-state index is 0.126. The van der Waals surface area contributed by atoms with Crippen molar-refractivity contribution in [1.82, 2.24) is 0 Å². The molecule has 0 heterocycles. The first-order chi connectivity index (χ1) is 6.13. The average Bonchev–Trinajstić information content (AvgIpc) is 2.07. The van der Waals surface area contributed by atoms with Crippen molar-refractivity contribution in [3.05, 3.63) is 41.7 Å². The number of hydrogen-bond acceptors (Lipinski definition) is 1. The quantitative estimate of drug-likeness (QED) is 0.750. The van der Waals surface area contributed by atoms with Crippen LogP contribution in [0, 0.1) is 5.82 Å². The van der Waals surface area contributed by atoms with Gasteiger partial charge in [0.05, 0.1) is 6.42 Å². The molecule has 0 aliphatic rings. The summed E-state index contributed by atoms with van der Waals surface area (Å²) in [6, 6.07) is 4.40. The second kappa shape index (κ2) is 3.85. The van der Waals surface area contributed by atoms with Crippen molar-refractivity contribution >= 4 is 12.0 Å². The number of carbonyl (C=O) groups excluding carboxylic acids is 1. The average molecular weight is 179 g/mol. The number of carbonyl (C=O) groups is 1. The molecule has 0 spiro atoms. The molecule has 0 unspecified atom stereocenters. The van der Waals surface area contributed by atoms with E-state index in [-0.39, 0.29) is 12.2 Å². The molecule has 2 nitrogen and oxygen atoms in total. The first kappa shape index (κ1) is 9.45. The number of benzene rings is 1. The molecule has 0 fully saturated rings. The van der Waals surface area contributed by atoms with Crippen molar-refractivity contribution < 1.29 is 9.18 Å². The molecule has 1 aromatic rings. The Kier molecular flexibility index (Phi) is 2.80. The highest BCUT2D eigenvalue weighted by atomic mass is 19.1. The molecule has 1 aromatic carbocycles. The summed E-state index contributed by atoms with van der Waals surface area (Å²) < 4.78 is 12.9. The summed E-state index contributed by atoms with van der Waals surface area (Å²) in [6.07, 6.45) is 1.53. The molecule has 2 N–H and O–H groups in total. The summed E-state index contributed by atoms with van der Waals surface area (Å²) in [5.41, 5.74) is 6.08. The summed E-state index contributed by atoms with van der Waals surface area (Å²) >= 11 is 0. The van der Waals surface area contributed by atoms with Gasteiger partial charge >= 0.3 is 0 Å². The van der Waals surface area contributed by atoms with Crippen LogP contribution in [-0.4, -0.2) is 5.91 Å². The smallest absolute Gasteiger partial charge is 0.221 e. The van der Waals surface area contributed by atoms with Gasteiger partial charge in [0.15, 0.2) is 0 Å². The van der Waals surface area contributed by atoms with Gasteiger partial charge in [-0.05, 0) is 17.7 Å². The van der Waals surface area contributed by atoms with Crippen LogP contribution in [-0.2, 0) is 11.2 Å². The Balaban J connectivity index is 2.99. The van der Waals surface area contributed by atoms with Gasteiger partial charge in [-0.15, -0.1) is 0 Å². The summed E-state index contributed by atoms with van der Waals surface area (Å²) in [6.45, 7) is 3.46. The van der Waals surface area contributed by atoms with Crippen LogP contribution in [0.1, 0.15) is 11.1 Å². The zero-order valence-corrected chi connectivity index (χ0v) is 7.09. The summed E-state index contributed by atoms with van der Waals surface area (Å²) in [4.78, 5) is 10.6. The Morgan fingerprint density at radius 3 is 2.85 bits per heavy atom. The first-order valence-corrected chi connectivity index (χ1v) is 3.82. The van der Waals surface area contributed by atoms with E-state index >= 15 is 0 Å². The first-order valence-electron chi connectivity index (χ1n) is 3.82. The van der Waals surface area contributed by atoms with E-state index in [4.69, 9.17) is 5.73 Å². The monoisotopic (exact) mass is 179 g/mol. The van der Waals surface area contributed by atoms with Gasteiger partial charge in [-0.2, -0.15) is 0 Å². The van der Waals surface area contributed by atoms with Crippen LogP contribution in [0.5, 0.6) is 0 Å². The van der Waals surface area contributed by atoms with Crippen molar-refractivity contribution in [2.75, 3.05) is 0 Å². The Bertz CT molecular complexity index is 347. The summed E-state index contributed by atoms with van der Waals surface area (Å²) in [5.74, 6) is -0.773. The molecule has 0 radical (unpaired) electrons. The van der Waals surface area contributed by atoms with E-state index in [1.54, 1.807) is 6.07 Å². The molecular weight excluding hydrogens is 169 g/mol. The van der Waals surface area contributed by atoms with Crippen molar-refractivity contribution in [1.29, 1.82) is 0 Å². The van der Waals surface area contributed by atoms with Gasteiger partial charge in [-0.25, -0.2) is 4.39 Å². The number of halogens is 1. The predicted octanol–water partition coefficient (Wildman–Crippen LogP) is 1.50. The minimum Gasteiger partial charge on any atom is -0.369 e. The van der Waals surface area contributed by atoms with E-state index in [1.807, 2.05) is 0 Å². The number of rotatable bonds is 3. The van der Waals surface area contributed by atoms with E-state index in [2.05, 4.69) is 6.58 Å². The van der Waals surface area contributed by atoms with Gasteiger partial charge in [0.2, 0.25) is 5.91 Å². The lowest BCUT2D eigenvalue weighted by molar-refractivity contribution is -0.117. The second-order valence-electron chi connectivity index (χ2n) is 2.70. The van der Waals surface area contributed by atoms with Gasteiger partial charge in [0.1, 0.15) is 5.82 Å². The zero-order valence-electron chi connectivity index (χ0n) is 7.09. The number of hydrogen-bond donors (Lipinski definition) is 1. The number of nitrogens with two attached hydrogens (primary N) is 1. The largest absolute Gasteiger partial charge is 0.369 e. The fourth-order valence-electron chi connectivity index (χ4n) is 1.06. The summed E-state index contributed by atoms with van der Waals surface area (Å²) in [5, 5.41) is 0. The fourth-order valence-corrected chi connectivity index (χ4v) is 1.06. The third kappa shape index (κ3) is 2.40. The van der Waals surface area contributed by atoms with Crippen molar-refractivity contribution in [2.45, 2.75) is 6.42 Å². The van der Waals surface area contributed by atoms with E-state index < -0.39 is 5.91 Å². The SMILES string of the molecule is C=Cc1cc(CC(N)=O)ccc1F. The van der Waals surface area contributed by atoms with Gasteiger partial charge in [0, 0.05) is 5.56 Å². The topological polar surface area (TPSA) is 43.1 Å². The van der Waals surface area contributed by atoms with Crippen LogP contribution in [0.15, 0.2) is 24.8 Å². The molecule has 0 aromatic heterocycles. The standard InChI is InChI=1S/C10H10FNO/c1-2-8-5-7(6-10(12)13)3-4-9(8)11/h2-5H,1,6H2,(H2,12,13). The maximum absolute atomic E-state index is 12.9. The van der Waals surface area contributed by atoms with E-state index in [1.165, 1.54) is 18.2 Å². The molecular formula is C10H10FNO. The van der Waals surface area contributed by atoms with Crippen molar-refractivity contribution in [3.8, 4) is 0 Å². The Morgan fingerprint density at radius 2 is 2.31 bits per heavy atom. The van der Waals surface area contributed by atoms with Crippen LogP contribution < -0.4 is 5.73 Å². The number of amides is 1. The van der Waals surface area contributed by atoms with Gasteiger partial charge < -0.3 is 5.73 Å². The second-order valence-corrected chi connectivity index (χ2v) is 2.70. The third-order valence-corrected chi connectivity index (χ3v) is 1.66. The Hall–Kier alpha value is -1.64. The Morgan fingerprint density at radius 1 is 1.62 bits per heavy atom. The molecule has 0 atom stereocenters. The number of primary amides is 1. The molecule has 0 saturated carbocycles. The highest BCUT2D eigenvalue weighted by molar-refractivity contribution is 5.76. The molecule has 1 amide bonds. The predicted molar refractivity (Wildman–Crippen MR) is 49.4 cm³/mol. The lowest BCUT2D eigenvalue weighted by Gasteiger charge is -2.00. The maximum Gasteiger partial charge on any atom is 0.221 e. The van der Waals surface area contributed by atoms with E-state index in [0.717, 1.165) is 0 Å². The van der Waals surface area contributed by atoms with Crippen LogP contribution in [0.4, 0.5) is 4.39 Å². The normalized spacial score (nSPS) is 9.62. The molecule has 0 saturated heterocycles. The maximum atomic E-state index is 12.9.